The quantitative estimate of drug-likeness (QED) is 0.791. The summed E-state index contributed by atoms with van der Waals surface area (Å²) in [6.07, 6.45) is 2.89. The number of hydrogen-bond donors (Lipinski definition) is 0. The van der Waals surface area contributed by atoms with Crippen LogP contribution in [0.4, 0.5) is 5.82 Å². The number of hydrogen-bond acceptors (Lipinski definition) is 3. The van der Waals surface area contributed by atoms with E-state index in [0.717, 1.165) is 23.6 Å². The van der Waals surface area contributed by atoms with E-state index in [-0.39, 0.29) is 0 Å². The van der Waals surface area contributed by atoms with Gasteiger partial charge < -0.3 is 4.90 Å². The standard InChI is InChI=1S/C15H21N3/c1-11-3-2-4-15(16-11)18-9-12-7-17(14-5-6-14)8-13(12)10-18/h2-4,12-14H,5-10H2,1H3. The van der Waals surface area contributed by atoms with Gasteiger partial charge in [0.15, 0.2) is 0 Å². The van der Waals surface area contributed by atoms with E-state index in [1.54, 1.807) is 0 Å². The summed E-state index contributed by atoms with van der Waals surface area (Å²) in [5, 5.41) is 0. The Kier molecular flexibility index (Phi) is 2.37. The van der Waals surface area contributed by atoms with Gasteiger partial charge >= 0.3 is 0 Å². The van der Waals surface area contributed by atoms with Crippen molar-refractivity contribution in [2.24, 2.45) is 11.8 Å². The van der Waals surface area contributed by atoms with Crippen LogP contribution in [0.15, 0.2) is 18.2 Å². The van der Waals surface area contributed by atoms with Crippen LogP contribution in [-0.2, 0) is 0 Å². The maximum absolute atomic E-state index is 4.66. The molecule has 2 unspecified atom stereocenters. The second kappa shape index (κ2) is 3.95. The molecule has 1 aliphatic carbocycles. The van der Waals surface area contributed by atoms with Crippen molar-refractivity contribution < 1.29 is 0 Å². The lowest BCUT2D eigenvalue weighted by molar-refractivity contribution is 0.306. The molecule has 1 aromatic heterocycles. The summed E-state index contributed by atoms with van der Waals surface area (Å²) in [4.78, 5) is 9.89. The number of aromatic nitrogens is 1. The summed E-state index contributed by atoms with van der Waals surface area (Å²) >= 11 is 0. The van der Waals surface area contributed by atoms with Gasteiger partial charge in [-0.25, -0.2) is 4.98 Å². The van der Waals surface area contributed by atoms with Crippen molar-refractivity contribution in [1.82, 2.24) is 9.88 Å². The number of aryl methyl sites for hydroxylation is 1. The van der Waals surface area contributed by atoms with Crippen molar-refractivity contribution in [2.45, 2.75) is 25.8 Å². The summed E-state index contributed by atoms with van der Waals surface area (Å²) < 4.78 is 0. The van der Waals surface area contributed by atoms with Gasteiger partial charge in [-0.05, 0) is 43.7 Å². The fourth-order valence-corrected chi connectivity index (χ4v) is 3.66. The largest absolute Gasteiger partial charge is 0.356 e. The van der Waals surface area contributed by atoms with Gasteiger partial charge in [-0.15, -0.1) is 0 Å². The van der Waals surface area contributed by atoms with E-state index in [9.17, 15) is 0 Å². The van der Waals surface area contributed by atoms with Crippen LogP contribution in [-0.4, -0.2) is 42.1 Å². The Morgan fingerprint density at radius 1 is 1.06 bits per heavy atom. The Labute approximate surface area is 109 Å². The van der Waals surface area contributed by atoms with Crippen molar-refractivity contribution in [3.63, 3.8) is 0 Å². The number of fused-ring (bicyclic) bond motifs is 1. The number of likely N-dealkylation sites (tertiary alicyclic amines) is 1. The molecule has 0 spiro atoms. The van der Waals surface area contributed by atoms with Crippen molar-refractivity contribution in [2.75, 3.05) is 31.1 Å². The minimum atomic E-state index is 0.882. The third-order valence-electron chi connectivity index (χ3n) is 4.78. The highest BCUT2D eigenvalue weighted by molar-refractivity contribution is 5.41. The molecule has 3 heteroatoms. The fourth-order valence-electron chi connectivity index (χ4n) is 3.66. The molecule has 1 saturated carbocycles. The molecular formula is C15H21N3. The number of anilines is 1. The van der Waals surface area contributed by atoms with E-state index >= 15 is 0 Å². The molecule has 2 atom stereocenters. The second-order valence-electron chi connectivity index (χ2n) is 6.25. The lowest BCUT2D eigenvalue weighted by Gasteiger charge is -2.22. The molecule has 0 amide bonds. The highest BCUT2D eigenvalue weighted by Crippen LogP contribution is 2.38. The topological polar surface area (TPSA) is 19.4 Å². The zero-order valence-corrected chi connectivity index (χ0v) is 11.0. The van der Waals surface area contributed by atoms with Crippen molar-refractivity contribution in [3.05, 3.63) is 23.9 Å². The van der Waals surface area contributed by atoms with Gasteiger partial charge in [0, 0.05) is 37.9 Å². The lowest BCUT2D eigenvalue weighted by Crippen LogP contribution is -2.30. The minimum Gasteiger partial charge on any atom is -0.356 e. The van der Waals surface area contributed by atoms with Gasteiger partial charge in [0.05, 0.1) is 0 Å². The van der Waals surface area contributed by atoms with Gasteiger partial charge in [0.25, 0.3) is 0 Å². The smallest absolute Gasteiger partial charge is 0.128 e. The first-order chi connectivity index (χ1) is 8.79. The second-order valence-corrected chi connectivity index (χ2v) is 6.25. The van der Waals surface area contributed by atoms with E-state index in [1.165, 1.54) is 44.8 Å². The Morgan fingerprint density at radius 3 is 2.39 bits per heavy atom. The maximum Gasteiger partial charge on any atom is 0.128 e. The molecule has 96 valence electrons. The summed E-state index contributed by atoms with van der Waals surface area (Å²) in [6.45, 7) is 7.17. The first-order valence-electron chi connectivity index (χ1n) is 7.22. The molecule has 3 aliphatic rings. The third kappa shape index (κ3) is 1.81. The predicted octanol–water partition coefficient (Wildman–Crippen LogP) is 1.92. The maximum atomic E-state index is 4.66. The summed E-state index contributed by atoms with van der Waals surface area (Å²) in [5.41, 5.74) is 1.13. The average Bonchev–Trinajstić information content (AvgIpc) is 3.00. The molecule has 0 N–H and O–H groups in total. The average molecular weight is 243 g/mol. The molecule has 0 aromatic carbocycles. The highest BCUT2D eigenvalue weighted by atomic mass is 15.3. The molecule has 2 aliphatic heterocycles. The van der Waals surface area contributed by atoms with Crippen LogP contribution in [0.3, 0.4) is 0 Å². The highest BCUT2D eigenvalue weighted by Gasteiger charge is 2.44. The lowest BCUT2D eigenvalue weighted by atomic mass is 10.0. The SMILES string of the molecule is Cc1cccc(N2CC3CN(C4CC4)CC3C2)n1. The Bertz CT molecular complexity index is 441. The molecule has 0 bridgehead atoms. The zero-order chi connectivity index (χ0) is 12.1. The van der Waals surface area contributed by atoms with Crippen LogP contribution >= 0.6 is 0 Å². The molecule has 2 saturated heterocycles. The summed E-state index contributed by atoms with van der Waals surface area (Å²) in [5.74, 6) is 2.95. The Hall–Kier alpha value is -1.09. The van der Waals surface area contributed by atoms with Gasteiger partial charge in [-0.3, -0.25) is 4.90 Å². The van der Waals surface area contributed by atoms with E-state index < -0.39 is 0 Å². The van der Waals surface area contributed by atoms with E-state index in [1.807, 2.05) is 0 Å². The van der Waals surface area contributed by atoms with Crippen molar-refractivity contribution in [1.29, 1.82) is 0 Å². The molecule has 3 heterocycles. The Balaban J connectivity index is 1.46. The zero-order valence-electron chi connectivity index (χ0n) is 11.0. The van der Waals surface area contributed by atoms with Crippen molar-refractivity contribution >= 4 is 5.82 Å². The van der Waals surface area contributed by atoms with E-state index in [4.69, 9.17) is 0 Å². The molecular weight excluding hydrogens is 222 g/mol. The first-order valence-corrected chi connectivity index (χ1v) is 7.22. The Morgan fingerprint density at radius 2 is 1.78 bits per heavy atom. The number of pyridine rings is 1. The van der Waals surface area contributed by atoms with Gasteiger partial charge in [-0.2, -0.15) is 0 Å². The molecule has 4 rings (SSSR count). The van der Waals surface area contributed by atoms with Crippen molar-refractivity contribution in [3.8, 4) is 0 Å². The van der Waals surface area contributed by atoms with Crippen LogP contribution in [0.5, 0.6) is 0 Å². The van der Waals surface area contributed by atoms with E-state index in [2.05, 4.69) is 39.9 Å². The molecule has 3 nitrogen and oxygen atoms in total. The molecule has 18 heavy (non-hydrogen) atoms. The van der Waals surface area contributed by atoms with Gasteiger partial charge in [-0.1, -0.05) is 6.07 Å². The number of nitrogens with zero attached hydrogens (tertiary/aromatic N) is 3. The fraction of sp³-hybridized carbons (Fsp3) is 0.667. The van der Waals surface area contributed by atoms with Crippen LogP contribution in [0.25, 0.3) is 0 Å². The van der Waals surface area contributed by atoms with Crippen LogP contribution in [0.2, 0.25) is 0 Å². The predicted molar refractivity (Wildman–Crippen MR) is 72.8 cm³/mol. The monoisotopic (exact) mass is 243 g/mol. The molecule has 3 fully saturated rings. The normalized spacial score (nSPS) is 31.9. The number of rotatable bonds is 2. The first kappa shape index (κ1) is 10.8. The van der Waals surface area contributed by atoms with Crippen LogP contribution in [0, 0.1) is 18.8 Å². The molecule has 1 aromatic rings. The summed E-state index contributed by atoms with van der Waals surface area (Å²) in [6, 6.07) is 7.31. The summed E-state index contributed by atoms with van der Waals surface area (Å²) in [7, 11) is 0. The van der Waals surface area contributed by atoms with Crippen LogP contribution < -0.4 is 4.90 Å². The van der Waals surface area contributed by atoms with Gasteiger partial charge in [0.2, 0.25) is 0 Å². The third-order valence-corrected chi connectivity index (χ3v) is 4.78. The van der Waals surface area contributed by atoms with Gasteiger partial charge in [0.1, 0.15) is 5.82 Å². The minimum absolute atomic E-state index is 0.882. The molecule has 0 radical (unpaired) electrons. The van der Waals surface area contributed by atoms with Crippen LogP contribution in [0.1, 0.15) is 18.5 Å². The van der Waals surface area contributed by atoms with E-state index in [0.29, 0.717) is 0 Å².